The molecule has 0 aliphatic carbocycles. The molecule has 0 fully saturated rings. The number of imidazole rings is 2. The Morgan fingerprint density at radius 2 is 1.77 bits per heavy atom. The first kappa shape index (κ1) is 16.1. The molecule has 4 rings (SSSR count). The summed E-state index contributed by atoms with van der Waals surface area (Å²) < 4.78 is 3.75. The highest BCUT2D eigenvalue weighted by Crippen LogP contribution is 2.14. The van der Waals surface area contributed by atoms with E-state index in [1.54, 1.807) is 12.5 Å². The smallest absolute Gasteiger partial charge is 0.188 e. The molecule has 4 aromatic heterocycles. The average molecular weight is 348 g/mol. The van der Waals surface area contributed by atoms with Gasteiger partial charge in [-0.1, -0.05) is 0 Å². The zero-order valence-electron chi connectivity index (χ0n) is 13.9. The van der Waals surface area contributed by atoms with Crippen molar-refractivity contribution in [3.05, 3.63) is 36.7 Å². The Morgan fingerprint density at radius 3 is 2.62 bits per heavy atom. The molecular weight excluding hydrogens is 332 g/mol. The Morgan fingerprint density at radius 1 is 0.923 bits per heavy atom. The third-order valence-electron chi connectivity index (χ3n) is 3.83. The standard InChI is InChI=1S/C16H16N10/c17-3-5-25-10-23-14-11(20-9-22-16(14)25)1-2-13-24-12-7-19-8-21-15(12)26(13)6-4-18/h7-10H,3-6,17-18H2. The van der Waals surface area contributed by atoms with Crippen LogP contribution < -0.4 is 11.5 Å². The summed E-state index contributed by atoms with van der Waals surface area (Å²) in [5, 5.41) is 0. The lowest BCUT2D eigenvalue weighted by Crippen LogP contribution is -2.12. The number of fused-ring (bicyclic) bond motifs is 2. The Bertz CT molecular complexity index is 1130. The molecule has 0 saturated heterocycles. The third-order valence-corrected chi connectivity index (χ3v) is 3.83. The normalized spacial score (nSPS) is 11.0. The van der Waals surface area contributed by atoms with Crippen LogP contribution in [-0.4, -0.2) is 52.1 Å². The molecule has 0 aliphatic rings. The molecule has 0 radical (unpaired) electrons. The molecule has 4 heterocycles. The maximum absolute atomic E-state index is 5.71. The van der Waals surface area contributed by atoms with Gasteiger partial charge in [0, 0.05) is 26.2 Å². The fourth-order valence-corrected chi connectivity index (χ4v) is 2.70. The van der Waals surface area contributed by atoms with Crippen molar-refractivity contribution in [2.75, 3.05) is 13.1 Å². The Labute approximate surface area is 148 Å². The molecule has 0 bridgehead atoms. The van der Waals surface area contributed by atoms with E-state index in [9.17, 15) is 0 Å². The fourth-order valence-electron chi connectivity index (χ4n) is 2.70. The first-order chi connectivity index (χ1) is 12.8. The number of nitrogens with two attached hydrogens (primary N) is 2. The maximum atomic E-state index is 5.71. The van der Waals surface area contributed by atoms with Gasteiger partial charge in [0.2, 0.25) is 0 Å². The zero-order valence-corrected chi connectivity index (χ0v) is 13.9. The molecular formula is C16H16N10. The van der Waals surface area contributed by atoms with Gasteiger partial charge in [0.1, 0.15) is 29.4 Å². The minimum atomic E-state index is 0.450. The summed E-state index contributed by atoms with van der Waals surface area (Å²) in [6.45, 7) is 2.14. The number of aromatic nitrogens is 8. The van der Waals surface area contributed by atoms with Gasteiger partial charge in [0.05, 0.1) is 12.5 Å². The molecule has 0 spiro atoms. The lowest BCUT2D eigenvalue weighted by atomic mass is 10.3. The molecule has 4 N–H and O–H groups in total. The van der Waals surface area contributed by atoms with Gasteiger partial charge in [0.25, 0.3) is 0 Å². The van der Waals surface area contributed by atoms with Gasteiger partial charge >= 0.3 is 0 Å². The van der Waals surface area contributed by atoms with Crippen LogP contribution >= 0.6 is 0 Å². The van der Waals surface area contributed by atoms with E-state index >= 15 is 0 Å². The molecule has 0 aromatic carbocycles. The first-order valence-electron chi connectivity index (χ1n) is 8.06. The number of hydrogen-bond acceptors (Lipinski definition) is 8. The summed E-state index contributed by atoms with van der Waals surface area (Å²) in [7, 11) is 0. The van der Waals surface area contributed by atoms with Crippen molar-refractivity contribution in [2.45, 2.75) is 13.1 Å². The highest BCUT2D eigenvalue weighted by atomic mass is 15.1. The summed E-state index contributed by atoms with van der Waals surface area (Å²) >= 11 is 0. The summed E-state index contributed by atoms with van der Waals surface area (Å²) in [6, 6.07) is 0. The van der Waals surface area contributed by atoms with E-state index in [4.69, 9.17) is 11.5 Å². The van der Waals surface area contributed by atoms with E-state index in [0.29, 0.717) is 60.0 Å². The van der Waals surface area contributed by atoms with Crippen LogP contribution in [0.15, 0.2) is 25.2 Å². The second kappa shape index (κ2) is 6.83. The van der Waals surface area contributed by atoms with Crippen LogP contribution in [0.5, 0.6) is 0 Å². The van der Waals surface area contributed by atoms with Gasteiger partial charge in [-0.3, -0.25) is 0 Å². The summed E-state index contributed by atoms with van der Waals surface area (Å²) in [5.74, 6) is 6.64. The molecule has 10 heteroatoms. The second-order valence-corrected chi connectivity index (χ2v) is 5.48. The Balaban J connectivity index is 1.80. The summed E-state index contributed by atoms with van der Waals surface area (Å²) in [6.07, 6.45) is 6.29. The molecule has 10 nitrogen and oxygen atoms in total. The Hall–Kier alpha value is -3.42. The van der Waals surface area contributed by atoms with Crippen LogP contribution in [-0.2, 0) is 13.1 Å². The van der Waals surface area contributed by atoms with Crippen LogP contribution in [0.1, 0.15) is 11.5 Å². The quantitative estimate of drug-likeness (QED) is 0.461. The second-order valence-electron chi connectivity index (χ2n) is 5.48. The molecule has 0 unspecified atom stereocenters. The zero-order chi connectivity index (χ0) is 17.9. The fraction of sp³-hybridized carbons (Fsp3) is 0.250. The predicted molar refractivity (Wildman–Crippen MR) is 94.7 cm³/mol. The number of rotatable bonds is 4. The van der Waals surface area contributed by atoms with Crippen molar-refractivity contribution in [2.24, 2.45) is 11.5 Å². The lowest BCUT2D eigenvalue weighted by molar-refractivity contribution is 0.712. The van der Waals surface area contributed by atoms with Crippen molar-refractivity contribution in [3.63, 3.8) is 0 Å². The number of nitrogens with zero attached hydrogens (tertiary/aromatic N) is 8. The third kappa shape index (κ3) is 2.75. The molecule has 0 saturated carbocycles. The van der Waals surface area contributed by atoms with E-state index in [0.717, 1.165) is 0 Å². The minimum absolute atomic E-state index is 0.450. The maximum Gasteiger partial charge on any atom is 0.188 e. The van der Waals surface area contributed by atoms with Crippen molar-refractivity contribution < 1.29 is 0 Å². The first-order valence-corrected chi connectivity index (χ1v) is 8.06. The topological polar surface area (TPSA) is 139 Å². The van der Waals surface area contributed by atoms with E-state index in [1.807, 2.05) is 9.13 Å². The van der Waals surface area contributed by atoms with E-state index in [-0.39, 0.29) is 0 Å². The average Bonchev–Trinajstić information content (AvgIpc) is 3.23. The number of hydrogen-bond donors (Lipinski definition) is 2. The monoisotopic (exact) mass is 348 g/mol. The van der Waals surface area contributed by atoms with E-state index in [2.05, 4.69) is 41.7 Å². The van der Waals surface area contributed by atoms with Gasteiger partial charge in [0.15, 0.2) is 17.1 Å². The van der Waals surface area contributed by atoms with E-state index in [1.165, 1.54) is 12.7 Å². The molecule has 0 amide bonds. The molecule has 26 heavy (non-hydrogen) atoms. The van der Waals surface area contributed by atoms with Gasteiger partial charge in [-0.15, -0.1) is 0 Å². The summed E-state index contributed by atoms with van der Waals surface area (Å²) in [5.41, 5.74) is 14.6. The van der Waals surface area contributed by atoms with Gasteiger partial charge in [-0.25, -0.2) is 29.9 Å². The minimum Gasteiger partial charge on any atom is -0.329 e. The van der Waals surface area contributed by atoms with Crippen LogP contribution in [0.3, 0.4) is 0 Å². The largest absolute Gasteiger partial charge is 0.329 e. The Kier molecular flexibility index (Phi) is 4.22. The SMILES string of the molecule is NCCn1cnc2c(C#Cc3nc4cncnc4n3CCN)ncnc21. The summed E-state index contributed by atoms with van der Waals surface area (Å²) in [4.78, 5) is 25.6. The van der Waals surface area contributed by atoms with Gasteiger partial charge < -0.3 is 20.6 Å². The van der Waals surface area contributed by atoms with Gasteiger partial charge in [-0.2, -0.15) is 0 Å². The molecule has 130 valence electrons. The molecule has 0 aliphatic heterocycles. The van der Waals surface area contributed by atoms with Gasteiger partial charge in [-0.05, 0) is 11.8 Å². The van der Waals surface area contributed by atoms with E-state index < -0.39 is 0 Å². The highest BCUT2D eigenvalue weighted by Gasteiger charge is 2.11. The van der Waals surface area contributed by atoms with Crippen molar-refractivity contribution in [3.8, 4) is 11.8 Å². The van der Waals surface area contributed by atoms with Crippen LogP contribution in [0, 0.1) is 11.8 Å². The van der Waals surface area contributed by atoms with Crippen LogP contribution in [0.2, 0.25) is 0 Å². The highest BCUT2D eigenvalue weighted by molar-refractivity contribution is 5.77. The van der Waals surface area contributed by atoms with Crippen LogP contribution in [0.25, 0.3) is 22.3 Å². The van der Waals surface area contributed by atoms with Crippen LogP contribution in [0.4, 0.5) is 0 Å². The van der Waals surface area contributed by atoms with Crippen molar-refractivity contribution in [1.29, 1.82) is 0 Å². The molecule has 0 atom stereocenters. The predicted octanol–water partition coefficient (Wildman–Crippen LogP) is -0.717. The van der Waals surface area contributed by atoms with Crippen molar-refractivity contribution >= 4 is 22.3 Å². The lowest BCUT2D eigenvalue weighted by Gasteiger charge is -2.01. The molecule has 4 aromatic rings. The van der Waals surface area contributed by atoms with Crippen molar-refractivity contribution in [1.82, 2.24) is 39.0 Å².